The molecule has 0 aromatic carbocycles. The summed E-state index contributed by atoms with van der Waals surface area (Å²) >= 11 is 0. The van der Waals surface area contributed by atoms with E-state index in [4.69, 9.17) is 9.73 Å². The largest absolute Gasteiger partial charge is 0.385 e. The number of nitrogens with one attached hydrogen (secondary N) is 2. The van der Waals surface area contributed by atoms with Crippen molar-refractivity contribution in [3.05, 3.63) is 0 Å². The highest BCUT2D eigenvalue weighted by Crippen LogP contribution is 2.41. The fourth-order valence-corrected chi connectivity index (χ4v) is 4.26. The summed E-state index contributed by atoms with van der Waals surface area (Å²) < 4.78 is 5.34. The third-order valence-electron chi connectivity index (χ3n) is 5.80. The van der Waals surface area contributed by atoms with E-state index in [1.807, 2.05) is 0 Å². The van der Waals surface area contributed by atoms with Gasteiger partial charge in [0.05, 0.1) is 0 Å². The molecule has 2 N–H and O–H groups in total. The van der Waals surface area contributed by atoms with E-state index in [0.717, 1.165) is 38.6 Å². The molecule has 0 amide bonds. The lowest BCUT2D eigenvalue weighted by molar-refractivity contribution is 0.141. The molecule has 1 unspecified atom stereocenters. The highest BCUT2D eigenvalue weighted by atomic mass is 127. The fourth-order valence-electron chi connectivity index (χ4n) is 4.26. The van der Waals surface area contributed by atoms with Crippen molar-refractivity contribution in [2.75, 3.05) is 53.0 Å². The van der Waals surface area contributed by atoms with E-state index < -0.39 is 0 Å². The van der Waals surface area contributed by atoms with Crippen molar-refractivity contribution in [1.29, 1.82) is 0 Å². The van der Waals surface area contributed by atoms with Crippen molar-refractivity contribution in [3.8, 4) is 0 Å². The Morgan fingerprint density at radius 1 is 1.15 bits per heavy atom. The van der Waals surface area contributed by atoms with Gasteiger partial charge in [0.1, 0.15) is 0 Å². The molecule has 0 radical (unpaired) electrons. The molecular weight excluding hydrogens is 439 g/mol. The predicted molar refractivity (Wildman–Crippen MR) is 122 cm³/mol. The number of hydrogen-bond acceptors (Lipinski definition) is 3. The second kappa shape index (κ2) is 13.2. The fraction of sp³-hybridized carbons (Fsp3) is 0.950. The molecule has 1 heterocycles. The topological polar surface area (TPSA) is 48.9 Å². The first-order valence-corrected chi connectivity index (χ1v) is 10.4. The van der Waals surface area contributed by atoms with E-state index in [1.54, 1.807) is 7.11 Å². The summed E-state index contributed by atoms with van der Waals surface area (Å²) in [6, 6.07) is 0. The number of hydrogen-bond donors (Lipinski definition) is 2. The first kappa shape index (κ1) is 24.0. The Morgan fingerprint density at radius 2 is 1.85 bits per heavy atom. The number of rotatable bonds is 10. The van der Waals surface area contributed by atoms with E-state index in [2.05, 4.69) is 29.4 Å². The van der Waals surface area contributed by atoms with Crippen LogP contribution < -0.4 is 10.6 Å². The minimum absolute atomic E-state index is 0. The van der Waals surface area contributed by atoms with Gasteiger partial charge in [0.2, 0.25) is 0 Å². The highest BCUT2D eigenvalue weighted by Gasteiger charge is 2.33. The van der Waals surface area contributed by atoms with Gasteiger partial charge in [-0.15, -0.1) is 24.0 Å². The molecule has 0 aromatic rings. The van der Waals surface area contributed by atoms with Gasteiger partial charge in [-0.25, -0.2) is 0 Å². The van der Waals surface area contributed by atoms with Crippen LogP contribution in [0.2, 0.25) is 0 Å². The number of methoxy groups -OCH3 is 1. The van der Waals surface area contributed by atoms with Gasteiger partial charge in [0.15, 0.2) is 5.96 Å². The number of halogens is 1. The maximum atomic E-state index is 5.34. The van der Waals surface area contributed by atoms with Crippen LogP contribution in [0.25, 0.3) is 0 Å². The smallest absolute Gasteiger partial charge is 0.191 e. The van der Waals surface area contributed by atoms with Gasteiger partial charge < -0.3 is 20.3 Å². The predicted octanol–water partition coefficient (Wildman–Crippen LogP) is 3.49. The summed E-state index contributed by atoms with van der Waals surface area (Å²) in [6.45, 7) is 11.9. The van der Waals surface area contributed by atoms with Crippen molar-refractivity contribution in [2.24, 2.45) is 16.3 Å². The second-order valence-electron chi connectivity index (χ2n) is 8.14. The standard InChI is InChI=1S/C20H40N4O.HI/c1-4-21-19(22-15-18(2)16-24-12-7-8-13-24)23-17-20(11-14-25-3)9-5-6-10-20;/h18H,4-17H2,1-3H3,(H2,21,22,23);1H. The monoisotopic (exact) mass is 480 g/mol. The number of nitrogens with zero attached hydrogens (tertiary/aromatic N) is 2. The van der Waals surface area contributed by atoms with Gasteiger partial charge in [-0.3, -0.25) is 4.99 Å². The summed E-state index contributed by atoms with van der Waals surface area (Å²) in [5.74, 6) is 1.63. The highest BCUT2D eigenvalue weighted by molar-refractivity contribution is 14.0. The van der Waals surface area contributed by atoms with Gasteiger partial charge in [-0.2, -0.15) is 0 Å². The van der Waals surface area contributed by atoms with Crippen LogP contribution in [0.4, 0.5) is 0 Å². The summed E-state index contributed by atoms with van der Waals surface area (Å²) in [6.07, 6.45) is 9.15. The summed E-state index contributed by atoms with van der Waals surface area (Å²) in [7, 11) is 1.80. The Balaban J connectivity index is 0.00000338. The van der Waals surface area contributed by atoms with Crippen LogP contribution in [0.5, 0.6) is 0 Å². The minimum Gasteiger partial charge on any atom is -0.385 e. The maximum Gasteiger partial charge on any atom is 0.191 e. The SMILES string of the molecule is CCNC(=NCC1(CCOC)CCCC1)NCC(C)CN1CCCC1.I. The molecule has 6 heteroatoms. The Hall–Kier alpha value is -0.0800. The summed E-state index contributed by atoms with van der Waals surface area (Å²) in [5.41, 5.74) is 0.361. The van der Waals surface area contributed by atoms with Gasteiger partial charge in [0.25, 0.3) is 0 Å². The van der Waals surface area contributed by atoms with Crippen LogP contribution in [-0.4, -0.2) is 63.8 Å². The Labute approximate surface area is 178 Å². The third-order valence-corrected chi connectivity index (χ3v) is 5.80. The van der Waals surface area contributed by atoms with Crippen molar-refractivity contribution < 1.29 is 4.74 Å². The van der Waals surface area contributed by atoms with Crippen molar-refractivity contribution >= 4 is 29.9 Å². The third kappa shape index (κ3) is 8.30. The second-order valence-corrected chi connectivity index (χ2v) is 8.14. The molecule has 1 atom stereocenters. The van der Waals surface area contributed by atoms with Gasteiger partial charge in [0, 0.05) is 39.9 Å². The Morgan fingerprint density at radius 3 is 2.46 bits per heavy atom. The lowest BCUT2D eigenvalue weighted by atomic mass is 9.83. The quantitative estimate of drug-likeness (QED) is 0.286. The number of guanidine groups is 1. The maximum absolute atomic E-state index is 5.34. The number of likely N-dealkylation sites (tertiary alicyclic amines) is 1. The van der Waals surface area contributed by atoms with Crippen LogP contribution in [0.3, 0.4) is 0 Å². The van der Waals surface area contributed by atoms with E-state index in [9.17, 15) is 0 Å². The molecule has 0 aromatic heterocycles. The molecule has 2 aliphatic rings. The summed E-state index contributed by atoms with van der Waals surface area (Å²) in [5, 5.41) is 7.00. The lowest BCUT2D eigenvalue weighted by Gasteiger charge is -2.27. The van der Waals surface area contributed by atoms with E-state index in [1.165, 1.54) is 58.2 Å². The molecule has 2 fully saturated rings. The zero-order valence-corrected chi connectivity index (χ0v) is 19.5. The molecule has 1 aliphatic heterocycles. The first-order chi connectivity index (χ1) is 12.2. The zero-order chi connectivity index (χ0) is 18.0. The van der Waals surface area contributed by atoms with Crippen molar-refractivity contribution in [2.45, 2.75) is 58.8 Å². The molecule has 0 bridgehead atoms. The molecule has 1 aliphatic carbocycles. The first-order valence-electron chi connectivity index (χ1n) is 10.4. The molecule has 5 nitrogen and oxygen atoms in total. The zero-order valence-electron chi connectivity index (χ0n) is 17.2. The average molecular weight is 480 g/mol. The summed E-state index contributed by atoms with van der Waals surface area (Å²) in [4.78, 5) is 7.54. The lowest BCUT2D eigenvalue weighted by Crippen LogP contribution is -2.42. The average Bonchev–Trinajstić information content (AvgIpc) is 3.28. The Bertz CT molecular complexity index is 393. The van der Waals surface area contributed by atoms with E-state index in [0.29, 0.717) is 11.3 Å². The molecule has 26 heavy (non-hydrogen) atoms. The molecule has 1 saturated carbocycles. The molecule has 2 rings (SSSR count). The van der Waals surface area contributed by atoms with Gasteiger partial charge in [-0.05, 0) is 63.5 Å². The minimum atomic E-state index is 0. The number of aliphatic imine (C=N–C) groups is 1. The van der Waals surface area contributed by atoms with Gasteiger partial charge in [-0.1, -0.05) is 19.8 Å². The van der Waals surface area contributed by atoms with E-state index >= 15 is 0 Å². The van der Waals surface area contributed by atoms with Crippen molar-refractivity contribution in [1.82, 2.24) is 15.5 Å². The number of ether oxygens (including phenoxy) is 1. The molecule has 154 valence electrons. The van der Waals surface area contributed by atoms with Crippen LogP contribution in [0.15, 0.2) is 4.99 Å². The van der Waals surface area contributed by atoms with Crippen molar-refractivity contribution in [3.63, 3.8) is 0 Å². The van der Waals surface area contributed by atoms with Crippen LogP contribution >= 0.6 is 24.0 Å². The van der Waals surface area contributed by atoms with Gasteiger partial charge >= 0.3 is 0 Å². The molecular formula is C20H41IN4O. The van der Waals surface area contributed by atoms with Crippen LogP contribution in [0, 0.1) is 11.3 Å². The Kier molecular flexibility index (Phi) is 12.1. The van der Waals surface area contributed by atoms with E-state index in [-0.39, 0.29) is 24.0 Å². The normalized spacial score (nSPS) is 21.4. The molecule has 0 spiro atoms. The van der Waals surface area contributed by atoms with Crippen LogP contribution in [-0.2, 0) is 4.74 Å². The van der Waals surface area contributed by atoms with Crippen LogP contribution in [0.1, 0.15) is 58.8 Å². The molecule has 1 saturated heterocycles.